The van der Waals surface area contributed by atoms with Crippen LogP contribution >= 0.6 is 0 Å². The average molecular weight is 423 g/mol. The molecule has 1 aromatic heterocycles. The number of fused-ring (bicyclic) bond motifs is 2. The number of amides is 2. The van der Waals surface area contributed by atoms with Gasteiger partial charge in [0, 0.05) is 54.2 Å². The number of aromatic nitrogens is 1. The van der Waals surface area contributed by atoms with Crippen LogP contribution in [-0.2, 0) is 6.42 Å². The van der Waals surface area contributed by atoms with Gasteiger partial charge in [0.15, 0.2) is 0 Å². The van der Waals surface area contributed by atoms with Gasteiger partial charge < -0.3 is 15.2 Å². The zero-order chi connectivity index (χ0) is 22.3. The summed E-state index contributed by atoms with van der Waals surface area (Å²) >= 11 is 0. The third kappa shape index (κ3) is 3.89. The number of hydrogen-bond acceptors (Lipinski definition) is 2. The molecule has 2 amide bonds. The maximum atomic E-state index is 12.8. The van der Waals surface area contributed by atoms with E-state index < -0.39 is 0 Å². The van der Waals surface area contributed by atoms with E-state index in [1.54, 1.807) is 0 Å². The number of aryl methyl sites for hydroxylation is 1. The molecule has 3 atom stereocenters. The molecule has 1 aliphatic carbocycles. The van der Waals surface area contributed by atoms with Crippen molar-refractivity contribution in [1.29, 1.82) is 0 Å². The number of urea groups is 1. The molecule has 0 bridgehead atoms. The van der Waals surface area contributed by atoms with E-state index >= 15 is 0 Å². The Morgan fingerprint density at radius 1 is 1.29 bits per heavy atom. The summed E-state index contributed by atoms with van der Waals surface area (Å²) in [5.74, 6) is 0.423. The second-order valence-electron chi connectivity index (χ2n) is 9.42. The van der Waals surface area contributed by atoms with Crippen LogP contribution in [0, 0.1) is 6.92 Å². The maximum absolute atomic E-state index is 12.8. The number of rotatable bonds is 6. The van der Waals surface area contributed by atoms with Gasteiger partial charge in [-0.25, -0.2) is 4.79 Å². The van der Waals surface area contributed by atoms with E-state index in [9.17, 15) is 4.79 Å². The molecule has 1 fully saturated rings. The molecule has 1 saturated heterocycles. The molecule has 2 N–H and O–H groups in total. The van der Waals surface area contributed by atoms with Gasteiger partial charge in [0.1, 0.15) is 0 Å². The summed E-state index contributed by atoms with van der Waals surface area (Å²) in [6, 6.07) is 5.36. The van der Waals surface area contributed by atoms with Gasteiger partial charge in [-0.05, 0) is 76.3 Å². The van der Waals surface area contributed by atoms with Crippen LogP contribution in [0.5, 0.6) is 0 Å². The van der Waals surface area contributed by atoms with E-state index in [1.165, 1.54) is 33.3 Å². The Labute approximate surface area is 186 Å². The van der Waals surface area contributed by atoms with Crippen molar-refractivity contribution in [3.05, 3.63) is 41.1 Å². The van der Waals surface area contributed by atoms with Crippen molar-refractivity contribution in [3.63, 3.8) is 0 Å². The minimum Gasteiger partial charge on any atom is -0.358 e. The normalized spacial score (nSPS) is 22.9. The molecule has 5 nitrogen and oxygen atoms in total. The Balaban J connectivity index is 1.73. The second kappa shape index (κ2) is 8.70. The van der Waals surface area contributed by atoms with Crippen molar-refractivity contribution in [2.45, 2.75) is 71.9 Å². The molecule has 1 aromatic carbocycles. The van der Waals surface area contributed by atoms with Crippen LogP contribution in [0.15, 0.2) is 18.7 Å². The lowest BCUT2D eigenvalue weighted by molar-refractivity contribution is 0.0979. The van der Waals surface area contributed by atoms with Gasteiger partial charge in [-0.2, -0.15) is 0 Å². The topological polar surface area (TPSA) is 51.4 Å². The second-order valence-corrected chi connectivity index (χ2v) is 9.42. The summed E-state index contributed by atoms with van der Waals surface area (Å²) in [5.41, 5.74) is 7.76. The molecular formula is C26H38N4O. The molecular weight excluding hydrogens is 384 g/mol. The maximum Gasteiger partial charge on any atom is 0.317 e. The van der Waals surface area contributed by atoms with E-state index in [0.717, 1.165) is 51.0 Å². The minimum atomic E-state index is 0.0692. The van der Waals surface area contributed by atoms with Gasteiger partial charge in [-0.15, -0.1) is 0 Å². The quantitative estimate of drug-likeness (QED) is 0.684. The van der Waals surface area contributed by atoms with E-state index in [-0.39, 0.29) is 12.1 Å². The molecule has 1 aliphatic heterocycles. The highest BCUT2D eigenvalue weighted by Gasteiger charge is 2.41. The van der Waals surface area contributed by atoms with Crippen LogP contribution < -0.4 is 5.32 Å². The predicted molar refractivity (Wildman–Crippen MR) is 130 cm³/mol. The van der Waals surface area contributed by atoms with Gasteiger partial charge >= 0.3 is 6.03 Å². The largest absolute Gasteiger partial charge is 0.358 e. The number of aromatic amines is 1. The first-order valence-corrected chi connectivity index (χ1v) is 12.0. The fraction of sp³-hybridized carbons (Fsp3) is 0.577. The van der Waals surface area contributed by atoms with Crippen molar-refractivity contribution < 1.29 is 4.79 Å². The third-order valence-electron chi connectivity index (χ3n) is 7.37. The number of carbonyl (C=O) groups excluding carboxylic acids is 1. The summed E-state index contributed by atoms with van der Waals surface area (Å²) in [4.78, 5) is 21.0. The van der Waals surface area contributed by atoms with Crippen LogP contribution in [0.25, 0.3) is 16.5 Å². The Morgan fingerprint density at radius 3 is 2.68 bits per heavy atom. The number of carbonyl (C=O) groups is 1. The average Bonchev–Trinajstić information content (AvgIpc) is 3.05. The molecule has 0 radical (unpaired) electrons. The van der Waals surface area contributed by atoms with Crippen LogP contribution in [0.1, 0.15) is 68.8 Å². The minimum absolute atomic E-state index is 0.0692. The van der Waals surface area contributed by atoms with Crippen molar-refractivity contribution in [1.82, 2.24) is 20.1 Å². The van der Waals surface area contributed by atoms with Crippen molar-refractivity contribution >= 4 is 22.5 Å². The summed E-state index contributed by atoms with van der Waals surface area (Å²) in [7, 11) is 0. The van der Waals surface area contributed by atoms with E-state index in [0.29, 0.717) is 12.0 Å². The lowest BCUT2D eigenvalue weighted by atomic mass is 9.72. The zero-order valence-corrected chi connectivity index (χ0v) is 19.8. The standard InChI is InChI=1S/C26H38N4O/c1-7-10-30-15-19(28-26(31)29(8-2)9-3)13-21-22-11-18(16(4)5)12-23-25(22)20(14-24(21)30)17(6)27-23/h11-12,19,21,24,27H,4,7-10,13-15H2,1-3,5-6H3,(H,28,31)/t19-,21?,24+/m0/s1. The van der Waals surface area contributed by atoms with Crippen LogP contribution in [-0.4, -0.2) is 59.1 Å². The molecule has 2 aliphatic rings. The molecule has 2 heterocycles. The summed E-state index contributed by atoms with van der Waals surface area (Å²) in [6.45, 7) is 18.3. The highest BCUT2D eigenvalue weighted by Crippen LogP contribution is 2.45. The summed E-state index contributed by atoms with van der Waals surface area (Å²) in [5, 5.41) is 4.77. The van der Waals surface area contributed by atoms with Crippen molar-refractivity contribution in [2.24, 2.45) is 0 Å². The Kier molecular flexibility index (Phi) is 6.16. The fourth-order valence-electron chi connectivity index (χ4n) is 5.81. The number of piperidine rings is 1. The van der Waals surface area contributed by atoms with Gasteiger partial charge in [-0.3, -0.25) is 4.90 Å². The molecule has 0 saturated carbocycles. The smallest absolute Gasteiger partial charge is 0.317 e. The highest BCUT2D eigenvalue weighted by molar-refractivity contribution is 5.92. The van der Waals surface area contributed by atoms with E-state index in [1.807, 2.05) is 18.7 Å². The van der Waals surface area contributed by atoms with Gasteiger partial charge in [-0.1, -0.05) is 25.1 Å². The van der Waals surface area contributed by atoms with E-state index in [2.05, 4.69) is 54.7 Å². The lowest BCUT2D eigenvalue weighted by Crippen LogP contribution is -2.58. The van der Waals surface area contributed by atoms with Crippen molar-refractivity contribution in [3.8, 4) is 0 Å². The van der Waals surface area contributed by atoms with Crippen LogP contribution in [0.2, 0.25) is 0 Å². The number of nitrogens with one attached hydrogen (secondary N) is 2. The van der Waals surface area contributed by atoms with Crippen LogP contribution in [0.3, 0.4) is 0 Å². The highest BCUT2D eigenvalue weighted by atomic mass is 16.2. The van der Waals surface area contributed by atoms with Gasteiger partial charge in [0.2, 0.25) is 0 Å². The summed E-state index contributed by atoms with van der Waals surface area (Å²) in [6.07, 6.45) is 3.21. The molecule has 0 spiro atoms. The number of likely N-dealkylation sites (tertiary alicyclic amines) is 1. The molecule has 5 heteroatoms. The zero-order valence-electron chi connectivity index (χ0n) is 19.8. The molecule has 168 valence electrons. The molecule has 2 aromatic rings. The SMILES string of the molecule is C=C(C)c1cc2c3c(c(C)[nH]c3c1)C[C@@H]1C2C[C@H](NC(=O)N(CC)CC)CN1CCC. The molecule has 1 unspecified atom stereocenters. The first-order valence-electron chi connectivity index (χ1n) is 12.0. The fourth-order valence-corrected chi connectivity index (χ4v) is 5.81. The molecule has 31 heavy (non-hydrogen) atoms. The lowest BCUT2D eigenvalue weighted by Gasteiger charge is -2.47. The third-order valence-corrected chi connectivity index (χ3v) is 7.37. The van der Waals surface area contributed by atoms with Gasteiger partial charge in [0.25, 0.3) is 0 Å². The molecule has 4 rings (SSSR count). The Morgan fingerprint density at radius 2 is 2.03 bits per heavy atom. The first kappa shape index (κ1) is 21.9. The van der Waals surface area contributed by atoms with Crippen LogP contribution in [0.4, 0.5) is 4.79 Å². The number of nitrogens with zero attached hydrogens (tertiary/aromatic N) is 2. The summed E-state index contributed by atoms with van der Waals surface area (Å²) < 4.78 is 0. The first-order chi connectivity index (χ1) is 14.9. The number of H-pyrrole nitrogens is 1. The number of allylic oxidation sites excluding steroid dienone is 1. The Bertz CT molecular complexity index is 987. The number of benzene rings is 1. The monoisotopic (exact) mass is 422 g/mol. The van der Waals surface area contributed by atoms with E-state index in [4.69, 9.17) is 0 Å². The Hall–Kier alpha value is -2.27. The predicted octanol–water partition coefficient (Wildman–Crippen LogP) is 5.05. The number of hydrogen-bond donors (Lipinski definition) is 2. The van der Waals surface area contributed by atoms with Crippen molar-refractivity contribution in [2.75, 3.05) is 26.2 Å². The van der Waals surface area contributed by atoms with Gasteiger partial charge in [0.05, 0.1) is 0 Å².